The van der Waals surface area contributed by atoms with Gasteiger partial charge in [-0.25, -0.2) is 14.8 Å². The summed E-state index contributed by atoms with van der Waals surface area (Å²) in [6.45, 7) is 16.5. The third kappa shape index (κ3) is 5.62. The second-order valence-corrected chi connectivity index (χ2v) is 10.2. The minimum atomic E-state index is -0.207. The van der Waals surface area contributed by atoms with Crippen molar-refractivity contribution in [1.82, 2.24) is 20.2 Å². The summed E-state index contributed by atoms with van der Waals surface area (Å²) in [6.07, 6.45) is 0. The second-order valence-electron chi connectivity index (χ2n) is 10.2. The zero-order chi connectivity index (χ0) is 23.6. The molecular weight excluding hydrogens is 416 g/mol. The molecule has 0 bridgehead atoms. The highest BCUT2D eigenvalue weighted by molar-refractivity contribution is 5.89. The van der Waals surface area contributed by atoms with E-state index < -0.39 is 0 Å². The number of ether oxygens (including phenoxy) is 1. The van der Waals surface area contributed by atoms with Crippen LogP contribution >= 0.6 is 0 Å². The Hall–Kier alpha value is -2.71. The van der Waals surface area contributed by atoms with Gasteiger partial charge in [0.2, 0.25) is 0 Å². The number of nitrogens with one attached hydrogen (secondary N) is 2. The monoisotopic (exact) mass is 452 g/mol. The Kier molecular flexibility index (Phi) is 6.86. The quantitative estimate of drug-likeness (QED) is 0.717. The van der Waals surface area contributed by atoms with E-state index in [9.17, 15) is 4.79 Å². The molecule has 178 valence electrons. The van der Waals surface area contributed by atoms with Gasteiger partial charge >= 0.3 is 6.03 Å². The number of rotatable bonds is 5. The molecule has 1 fully saturated rings. The number of nitrogens with zero attached hydrogens (tertiary/aromatic N) is 4. The van der Waals surface area contributed by atoms with Crippen molar-refractivity contribution < 1.29 is 9.53 Å². The average molecular weight is 453 g/mol. The van der Waals surface area contributed by atoms with Gasteiger partial charge in [0.25, 0.3) is 0 Å². The van der Waals surface area contributed by atoms with Crippen LogP contribution in [0.3, 0.4) is 0 Å². The molecule has 1 saturated heterocycles. The molecule has 0 unspecified atom stereocenters. The number of amides is 2. The lowest BCUT2D eigenvalue weighted by molar-refractivity contribution is 0.0984. The van der Waals surface area contributed by atoms with E-state index in [1.807, 2.05) is 31.2 Å². The summed E-state index contributed by atoms with van der Waals surface area (Å²) in [4.78, 5) is 26.7. The minimum absolute atomic E-state index is 0.207. The number of anilines is 2. The fourth-order valence-electron chi connectivity index (χ4n) is 4.53. The Labute approximate surface area is 196 Å². The predicted octanol–water partition coefficient (Wildman–Crippen LogP) is 3.87. The van der Waals surface area contributed by atoms with Crippen LogP contribution in [0.1, 0.15) is 45.9 Å². The maximum absolute atomic E-state index is 11.8. The van der Waals surface area contributed by atoms with Crippen molar-refractivity contribution in [1.29, 1.82) is 0 Å². The van der Waals surface area contributed by atoms with Gasteiger partial charge in [-0.05, 0) is 43.5 Å². The lowest BCUT2D eigenvalue weighted by atomic mass is 9.96. The normalized spacial score (nSPS) is 18.8. The number of morpholine rings is 1. The molecule has 2 N–H and O–H groups in total. The van der Waals surface area contributed by atoms with E-state index >= 15 is 0 Å². The molecule has 33 heavy (non-hydrogen) atoms. The van der Waals surface area contributed by atoms with E-state index in [-0.39, 0.29) is 17.5 Å². The molecule has 2 aromatic rings. The smallest absolute Gasteiger partial charge is 0.319 e. The minimum Gasteiger partial charge on any atom is -0.377 e. The average Bonchev–Trinajstić information content (AvgIpc) is 3.15. The summed E-state index contributed by atoms with van der Waals surface area (Å²) in [5, 5.41) is 5.58. The third-order valence-corrected chi connectivity index (χ3v) is 5.90. The van der Waals surface area contributed by atoms with Crippen molar-refractivity contribution in [2.24, 2.45) is 5.41 Å². The SMILES string of the molecule is CCNC(=O)Nc1ccc(-c2nc3c(c(N4CCOC[C@@H]4C)n2)CN(CC(C)(C)C)C3)cc1. The molecule has 1 aromatic heterocycles. The van der Waals surface area contributed by atoms with Crippen LogP contribution in [-0.4, -0.2) is 59.8 Å². The standard InChI is InChI=1S/C25H36N6O2/c1-6-26-24(32)27-19-9-7-18(8-10-19)22-28-21-14-30(16-25(3,4)5)13-20(21)23(29-22)31-11-12-33-15-17(31)2/h7-10,17H,6,11-16H2,1-5H3,(H2,26,27,32)/t17-/m0/s1. The number of fused-ring (bicyclic) bond motifs is 1. The molecule has 0 aliphatic carbocycles. The predicted molar refractivity (Wildman–Crippen MR) is 131 cm³/mol. The van der Waals surface area contributed by atoms with Crippen molar-refractivity contribution in [3.05, 3.63) is 35.5 Å². The third-order valence-electron chi connectivity index (χ3n) is 5.90. The molecule has 1 aromatic carbocycles. The van der Waals surface area contributed by atoms with Crippen molar-refractivity contribution >= 4 is 17.5 Å². The first-order valence-corrected chi connectivity index (χ1v) is 11.9. The van der Waals surface area contributed by atoms with Crippen molar-refractivity contribution in [3.63, 3.8) is 0 Å². The van der Waals surface area contributed by atoms with Gasteiger partial charge < -0.3 is 20.3 Å². The molecule has 1 atom stereocenters. The van der Waals surface area contributed by atoms with Gasteiger partial charge in [-0.2, -0.15) is 0 Å². The number of aromatic nitrogens is 2. The Morgan fingerprint density at radius 3 is 2.61 bits per heavy atom. The molecule has 0 radical (unpaired) electrons. The summed E-state index contributed by atoms with van der Waals surface area (Å²) in [6, 6.07) is 7.79. The van der Waals surface area contributed by atoms with Gasteiger partial charge in [-0.3, -0.25) is 4.90 Å². The lowest BCUT2D eigenvalue weighted by Gasteiger charge is -2.35. The van der Waals surface area contributed by atoms with Crippen molar-refractivity contribution in [2.45, 2.75) is 53.8 Å². The maximum Gasteiger partial charge on any atom is 0.319 e. The zero-order valence-electron chi connectivity index (χ0n) is 20.4. The second kappa shape index (κ2) is 9.65. The van der Waals surface area contributed by atoms with Crippen molar-refractivity contribution in [2.75, 3.05) is 43.1 Å². The summed E-state index contributed by atoms with van der Waals surface area (Å²) in [5.74, 6) is 1.76. The first-order chi connectivity index (χ1) is 15.7. The maximum atomic E-state index is 11.8. The van der Waals surface area contributed by atoms with Crippen LogP contribution in [0, 0.1) is 5.41 Å². The van der Waals surface area contributed by atoms with E-state index in [1.165, 1.54) is 5.56 Å². The van der Waals surface area contributed by atoms with Crippen LogP contribution in [0.2, 0.25) is 0 Å². The van der Waals surface area contributed by atoms with Gasteiger partial charge in [0, 0.05) is 49.5 Å². The summed E-state index contributed by atoms with van der Waals surface area (Å²) in [7, 11) is 0. The fourth-order valence-corrected chi connectivity index (χ4v) is 4.53. The van der Waals surface area contributed by atoms with Crippen LogP contribution < -0.4 is 15.5 Å². The zero-order valence-corrected chi connectivity index (χ0v) is 20.4. The number of carbonyl (C=O) groups is 1. The summed E-state index contributed by atoms with van der Waals surface area (Å²) >= 11 is 0. The van der Waals surface area contributed by atoms with Gasteiger partial charge in [-0.15, -0.1) is 0 Å². The van der Waals surface area contributed by atoms with Crippen LogP contribution in [0.25, 0.3) is 11.4 Å². The Morgan fingerprint density at radius 1 is 1.18 bits per heavy atom. The van der Waals surface area contributed by atoms with Crippen LogP contribution in [0.5, 0.6) is 0 Å². The number of hydrogen-bond acceptors (Lipinski definition) is 6. The molecule has 2 aliphatic heterocycles. The largest absolute Gasteiger partial charge is 0.377 e. The first kappa shape index (κ1) is 23.4. The molecule has 3 heterocycles. The Balaban J connectivity index is 1.65. The highest BCUT2D eigenvalue weighted by Crippen LogP contribution is 2.34. The molecule has 0 spiro atoms. The number of hydrogen-bond donors (Lipinski definition) is 2. The molecule has 8 nitrogen and oxygen atoms in total. The lowest BCUT2D eigenvalue weighted by Crippen LogP contribution is -2.44. The fraction of sp³-hybridized carbons (Fsp3) is 0.560. The van der Waals surface area contributed by atoms with Crippen molar-refractivity contribution in [3.8, 4) is 11.4 Å². The molecular formula is C25H36N6O2. The Morgan fingerprint density at radius 2 is 1.94 bits per heavy atom. The molecule has 4 rings (SSSR count). The van der Waals surface area contributed by atoms with Gasteiger partial charge in [0.05, 0.1) is 24.9 Å². The highest BCUT2D eigenvalue weighted by atomic mass is 16.5. The van der Waals surface area contributed by atoms with Crippen LogP contribution in [0.15, 0.2) is 24.3 Å². The molecule has 2 amide bonds. The summed E-state index contributed by atoms with van der Waals surface area (Å²) in [5.41, 5.74) is 4.26. The van der Waals surface area contributed by atoms with Gasteiger partial charge in [-0.1, -0.05) is 20.8 Å². The molecule has 2 aliphatic rings. The van der Waals surface area contributed by atoms with Crippen LogP contribution in [-0.2, 0) is 17.8 Å². The van der Waals surface area contributed by atoms with Crippen LogP contribution in [0.4, 0.5) is 16.3 Å². The number of urea groups is 1. The first-order valence-electron chi connectivity index (χ1n) is 11.9. The topological polar surface area (TPSA) is 82.6 Å². The van der Waals surface area contributed by atoms with Gasteiger partial charge in [0.1, 0.15) is 5.82 Å². The van der Waals surface area contributed by atoms with Gasteiger partial charge in [0.15, 0.2) is 5.82 Å². The molecule has 0 saturated carbocycles. The molecule has 8 heteroatoms. The highest BCUT2D eigenvalue weighted by Gasteiger charge is 2.32. The van der Waals surface area contributed by atoms with E-state index in [0.717, 1.165) is 54.8 Å². The van der Waals surface area contributed by atoms with E-state index in [0.29, 0.717) is 19.8 Å². The summed E-state index contributed by atoms with van der Waals surface area (Å²) < 4.78 is 5.68. The number of carbonyl (C=O) groups excluding carboxylic acids is 1. The van der Waals surface area contributed by atoms with E-state index in [1.54, 1.807) is 0 Å². The number of benzene rings is 1. The van der Waals surface area contributed by atoms with E-state index in [4.69, 9.17) is 14.7 Å². The van der Waals surface area contributed by atoms with E-state index in [2.05, 4.69) is 48.1 Å². The Bertz CT molecular complexity index is 986.